The van der Waals surface area contributed by atoms with Gasteiger partial charge in [0, 0.05) is 33.8 Å². The fourth-order valence-electron chi connectivity index (χ4n) is 2.09. The van der Waals surface area contributed by atoms with Crippen molar-refractivity contribution in [1.29, 1.82) is 0 Å². The van der Waals surface area contributed by atoms with Crippen LogP contribution in [0.15, 0.2) is 29.3 Å². The van der Waals surface area contributed by atoms with Crippen LogP contribution >= 0.6 is 0 Å². The first-order chi connectivity index (χ1) is 10.2. The highest BCUT2D eigenvalue weighted by Crippen LogP contribution is 2.28. The van der Waals surface area contributed by atoms with Crippen LogP contribution in [-0.4, -0.2) is 44.7 Å². The number of nitrogens with one attached hydrogen (secondary N) is 1. The molecule has 5 heteroatoms. The van der Waals surface area contributed by atoms with Crippen LogP contribution in [0.4, 0.5) is 4.39 Å². The van der Waals surface area contributed by atoms with Crippen LogP contribution in [0.1, 0.15) is 18.4 Å². The van der Waals surface area contributed by atoms with Gasteiger partial charge in [0.1, 0.15) is 5.82 Å². The van der Waals surface area contributed by atoms with E-state index in [1.165, 1.54) is 25.0 Å². The van der Waals surface area contributed by atoms with Crippen LogP contribution in [0.2, 0.25) is 0 Å². The van der Waals surface area contributed by atoms with Gasteiger partial charge in [0.15, 0.2) is 5.96 Å². The average Bonchev–Trinajstić information content (AvgIpc) is 3.29. The van der Waals surface area contributed by atoms with Gasteiger partial charge in [-0.25, -0.2) is 4.39 Å². The molecule has 0 aromatic heterocycles. The summed E-state index contributed by atoms with van der Waals surface area (Å²) in [7, 11) is 3.72. The predicted molar refractivity (Wildman–Crippen MR) is 82.8 cm³/mol. The van der Waals surface area contributed by atoms with Crippen molar-refractivity contribution in [2.24, 2.45) is 10.9 Å². The Morgan fingerprint density at radius 2 is 2.10 bits per heavy atom. The minimum absolute atomic E-state index is 0.211. The molecule has 0 atom stereocenters. The van der Waals surface area contributed by atoms with E-state index in [1.54, 1.807) is 19.2 Å². The number of hydrogen-bond donors (Lipinski definition) is 1. The van der Waals surface area contributed by atoms with Crippen LogP contribution in [0.5, 0.6) is 0 Å². The zero-order valence-electron chi connectivity index (χ0n) is 12.8. The van der Waals surface area contributed by atoms with Crippen LogP contribution in [0, 0.1) is 11.7 Å². The lowest BCUT2D eigenvalue weighted by molar-refractivity contribution is 0.128. The van der Waals surface area contributed by atoms with Crippen molar-refractivity contribution in [2.45, 2.75) is 19.4 Å². The molecule has 1 fully saturated rings. The maximum Gasteiger partial charge on any atom is 0.193 e. The Hall–Kier alpha value is -1.62. The molecule has 0 bridgehead atoms. The summed E-state index contributed by atoms with van der Waals surface area (Å²) >= 11 is 0. The largest absolute Gasteiger partial charge is 0.379 e. The average molecular weight is 293 g/mol. The Bertz CT molecular complexity index is 457. The normalized spacial score (nSPS) is 15.1. The van der Waals surface area contributed by atoms with Gasteiger partial charge >= 0.3 is 0 Å². The van der Waals surface area contributed by atoms with Crippen molar-refractivity contribution in [1.82, 2.24) is 10.2 Å². The predicted octanol–water partition coefficient (Wildman–Crippen LogP) is 2.26. The molecule has 0 spiro atoms. The van der Waals surface area contributed by atoms with Crippen molar-refractivity contribution in [3.63, 3.8) is 0 Å². The summed E-state index contributed by atoms with van der Waals surface area (Å²) in [5.41, 5.74) is 1.05. The standard InChI is InChI=1S/C16H24FN3O/c1-18-16(19-9-10-21-12-14-3-4-14)20(2)11-13-5-7-15(17)8-6-13/h5-8,14H,3-4,9-12H2,1-2H3,(H,18,19). The third-order valence-corrected chi connectivity index (χ3v) is 3.49. The van der Waals surface area contributed by atoms with Crippen LogP contribution in [0.3, 0.4) is 0 Å². The first-order valence-corrected chi connectivity index (χ1v) is 7.43. The third kappa shape index (κ3) is 5.71. The second kappa shape index (κ2) is 7.98. The minimum Gasteiger partial charge on any atom is -0.379 e. The van der Waals surface area contributed by atoms with Gasteiger partial charge in [0.2, 0.25) is 0 Å². The smallest absolute Gasteiger partial charge is 0.193 e. The molecule has 0 aliphatic heterocycles. The van der Waals surface area contributed by atoms with E-state index in [9.17, 15) is 4.39 Å². The summed E-state index contributed by atoms with van der Waals surface area (Å²) in [5.74, 6) is 1.40. The lowest BCUT2D eigenvalue weighted by Crippen LogP contribution is -2.40. The number of rotatable bonds is 7. The number of hydrogen-bond acceptors (Lipinski definition) is 2. The second-order valence-corrected chi connectivity index (χ2v) is 5.47. The Labute approximate surface area is 126 Å². The second-order valence-electron chi connectivity index (χ2n) is 5.47. The van der Waals surface area contributed by atoms with E-state index >= 15 is 0 Å². The maximum atomic E-state index is 12.9. The molecule has 1 N–H and O–H groups in total. The summed E-state index contributed by atoms with van der Waals surface area (Å²) in [6.07, 6.45) is 2.63. The Balaban J connectivity index is 1.69. The molecule has 0 unspecified atom stereocenters. The van der Waals surface area contributed by atoms with Gasteiger partial charge in [-0.05, 0) is 36.5 Å². The third-order valence-electron chi connectivity index (χ3n) is 3.49. The molecule has 0 radical (unpaired) electrons. The number of ether oxygens (including phenoxy) is 1. The van der Waals surface area contributed by atoms with Gasteiger partial charge in [-0.3, -0.25) is 4.99 Å². The SMILES string of the molecule is CN=C(NCCOCC1CC1)N(C)Cc1ccc(F)cc1. The molecule has 1 aliphatic carbocycles. The Morgan fingerprint density at radius 1 is 1.38 bits per heavy atom. The molecular formula is C16H24FN3O. The number of benzene rings is 1. The Morgan fingerprint density at radius 3 is 2.71 bits per heavy atom. The molecular weight excluding hydrogens is 269 g/mol. The molecule has 2 rings (SSSR count). The lowest BCUT2D eigenvalue weighted by atomic mass is 10.2. The van der Waals surface area contributed by atoms with Crippen LogP contribution in [0.25, 0.3) is 0 Å². The molecule has 0 heterocycles. The molecule has 1 aliphatic rings. The molecule has 4 nitrogen and oxygen atoms in total. The van der Waals surface area contributed by atoms with E-state index in [4.69, 9.17) is 4.74 Å². The highest BCUT2D eigenvalue weighted by Gasteiger charge is 2.20. The van der Waals surface area contributed by atoms with Crippen molar-refractivity contribution in [3.8, 4) is 0 Å². The summed E-state index contributed by atoms with van der Waals surface area (Å²) in [4.78, 5) is 6.26. The van der Waals surface area contributed by atoms with Gasteiger partial charge in [-0.15, -0.1) is 0 Å². The van der Waals surface area contributed by atoms with Gasteiger partial charge in [-0.1, -0.05) is 12.1 Å². The Kier molecular flexibility index (Phi) is 5.99. The monoisotopic (exact) mass is 293 g/mol. The fourth-order valence-corrected chi connectivity index (χ4v) is 2.09. The van der Waals surface area contributed by atoms with Crippen LogP contribution in [-0.2, 0) is 11.3 Å². The van der Waals surface area contributed by atoms with Gasteiger partial charge < -0.3 is 15.0 Å². The summed E-state index contributed by atoms with van der Waals surface area (Å²) in [5, 5.41) is 3.27. The van der Waals surface area contributed by atoms with E-state index in [2.05, 4.69) is 10.3 Å². The van der Waals surface area contributed by atoms with E-state index in [-0.39, 0.29) is 5.82 Å². The zero-order chi connectivity index (χ0) is 15.1. The van der Waals surface area contributed by atoms with Crippen molar-refractivity contribution >= 4 is 5.96 Å². The first-order valence-electron chi connectivity index (χ1n) is 7.43. The van der Waals surface area contributed by atoms with E-state index in [0.29, 0.717) is 13.2 Å². The molecule has 0 amide bonds. The number of aliphatic imine (C=N–C) groups is 1. The maximum absolute atomic E-state index is 12.9. The molecule has 1 saturated carbocycles. The van der Waals surface area contributed by atoms with E-state index in [1.807, 2.05) is 11.9 Å². The summed E-state index contributed by atoms with van der Waals surface area (Å²) < 4.78 is 18.5. The summed E-state index contributed by atoms with van der Waals surface area (Å²) in [6.45, 7) is 3.00. The zero-order valence-corrected chi connectivity index (χ0v) is 12.8. The van der Waals surface area contributed by atoms with Gasteiger partial charge in [-0.2, -0.15) is 0 Å². The topological polar surface area (TPSA) is 36.9 Å². The molecule has 116 valence electrons. The molecule has 1 aromatic carbocycles. The molecule has 0 saturated heterocycles. The fraction of sp³-hybridized carbons (Fsp3) is 0.562. The number of nitrogens with zero attached hydrogens (tertiary/aromatic N) is 2. The number of halogens is 1. The van der Waals surface area contributed by atoms with Crippen LogP contribution < -0.4 is 5.32 Å². The molecule has 21 heavy (non-hydrogen) atoms. The first kappa shape index (κ1) is 15.8. The molecule has 1 aromatic rings. The van der Waals surface area contributed by atoms with Crippen molar-refractivity contribution in [3.05, 3.63) is 35.6 Å². The minimum atomic E-state index is -0.211. The number of guanidine groups is 1. The van der Waals surface area contributed by atoms with Crippen molar-refractivity contribution < 1.29 is 9.13 Å². The quantitative estimate of drug-likeness (QED) is 0.476. The van der Waals surface area contributed by atoms with E-state index in [0.717, 1.165) is 30.6 Å². The van der Waals surface area contributed by atoms with Gasteiger partial charge in [0.25, 0.3) is 0 Å². The highest BCUT2D eigenvalue weighted by atomic mass is 19.1. The lowest BCUT2D eigenvalue weighted by Gasteiger charge is -2.22. The van der Waals surface area contributed by atoms with E-state index < -0.39 is 0 Å². The van der Waals surface area contributed by atoms with Crippen molar-refractivity contribution in [2.75, 3.05) is 33.9 Å². The summed E-state index contributed by atoms with van der Waals surface area (Å²) in [6, 6.07) is 6.53. The van der Waals surface area contributed by atoms with Gasteiger partial charge in [0.05, 0.1) is 6.61 Å². The highest BCUT2D eigenvalue weighted by molar-refractivity contribution is 5.79.